The molecule has 1 aliphatic rings. The van der Waals surface area contributed by atoms with Crippen LogP contribution >= 0.6 is 0 Å². The van der Waals surface area contributed by atoms with Gasteiger partial charge in [0, 0.05) is 0 Å². The summed E-state index contributed by atoms with van der Waals surface area (Å²) in [5.74, 6) is -0.969. The molecule has 6 heteroatoms. The van der Waals surface area contributed by atoms with Gasteiger partial charge in [0.1, 0.15) is 0 Å². The van der Waals surface area contributed by atoms with Crippen LogP contribution in [0.2, 0.25) is 0 Å². The quantitative estimate of drug-likeness (QED) is 0.229. The molecule has 0 fully saturated rings. The standard InChI is InChI=1S/C29H27N3O2Se/c1-19(2)27-24(28(33)31(20(3)4)29(34)25(27)18-30)17-23-15-16-26(35-23)32(21-11-7-5-8-12-21)22-13-9-6-10-14-22/h5-17,19-20H,1-4H3/b24-17+. The SMILES string of the molecule is CC(C)C1=C(C#N)C(=O)N(C(C)C)C(=O)/C1=C/c1ccc(N(c2ccccc2)c2ccccc2)[se]1. The molecule has 0 spiro atoms. The molecule has 0 N–H and O–H groups in total. The number of rotatable bonds is 6. The van der Waals surface area contributed by atoms with E-state index in [9.17, 15) is 14.9 Å². The van der Waals surface area contributed by atoms with Crippen LogP contribution in [-0.4, -0.2) is 37.3 Å². The molecule has 2 amide bonds. The van der Waals surface area contributed by atoms with E-state index < -0.39 is 5.91 Å². The molecule has 0 unspecified atom stereocenters. The van der Waals surface area contributed by atoms with Gasteiger partial charge in [0.05, 0.1) is 0 Å². The molecule has 0 saturated carbocycles. The first kappa shape index (κ1) is 24.5. The van der Waals surface area contributed by atoms with Crippen molar-refractivity contribution in [3.8, 4) is 6.07 Å². The summed E-state index contributed by atoms with van der Waals surface area (Å²) in [6.07, 6.45) is 1.88. The van der Waals surface area contributed by atoms with Crippen LogP contribution in [0.1, 0.15) is 32.1 Å². The normalized spacial score (nSPS) is 15.3. The fourth-order valence-electron chi connectivity index (χ4n) is 4.26. The Morgan fingerprint density at radius 1 is 0.857 bits per heavy atom. The summed E-state index contributed by atoms with van der Waals surface area (Å²) in [7, 11) is 0. The predicted molar refractivity (Wildman–Crippen MR) is 141 cm³/mol. The van der Waals surface area contributed by atoms with Crippen LogP contribution in [0.25, 0.3) is 6.08 Å². The Labute approximate surface area is 212 Å². The maximum atomic E-state index is 13.4. The molecule has 0 saturated heterocycles. The molecule has 0 bridgehead atoms. The first-order valence-corrected chi connectivity index (χ1v) is 13.3. The van der Waals surface area contributed by atoms with Gasteiger partial charge < -0.3 is 0 Å². The second kappa shape index (κ2) is 10.3. The number of hydrogen-bond acceptors (Lipinski definition) is 4. The number of carbonyl (C=O) groups excluding carboxylic acids is 2. The van der Waals surface area contributed by atoms with Crippen molar-refractivity contribution in [2.45, 2.75) is 33.7 Å². The van der Waals surface area contributed by atoms with Gasteiger partial charge in [0.25, 0.3) is 0 Å². The van der Waals surface area contributed by atoms with Crippen molar-refractivity contribution in [1.29, 1.82) is 5.26 Å². The fraction of sp³-hybridized carbons (Fsp3) is 0.207. The summed E-state index contributed by atoms with van der Waals surface area (Å²) in [6.45, 7) is 7.41. The summed E-state index contributed by atoms with van der Waals surface area (Å²) in [6, 6.07) is 26.3. The zero-order valence-corrected chi connectivity index (χ0v) is 21.9. The molecule has 0 aliphatic carbocycles. The van der Waals surface area contributed by atoms with E-state index in [1.54, 1.807) is 13.8 Å². The van der Waals surface area contributed by atoms with Gasteiger partial charge in [0.2, 0.25) is 0 Å². The van der Waals surface area contributed by atoms with Crippen LogP contribution < -0.4 is 4.90 Å². The molecule has 0 radical (unpaired) electrons. The maximum absolute atomic E-state index is 13.4. The Balaban J connectivity index is 1.83. The average Bonchev–Trinajstić information content (AvgIpc) is 3.29. The van der Waals surface area contributed by atoms with Gasteiger partial charge in [-0.1, -0.05) is 0 Å². The summed E-state index contributed by atoms with van der Waals surface area (Å²) in [5.41, 5.74) is 3.17. The van der Waals surface area contributed by atoms with Crippen molar-refractivity contribution in [2.75, 3.05) is 4.90 Å². The van der Waals surface area contributed by atoms with Gasteiger partial charge in [-0.05, 0) is 0 Å². The van der Waals surface area contributed by atoms with E-state index in [0.717, 1.165) is 20.4 Å². The molecule has 35 heavy (non-hydrogen) atoms. The molecule has 2 heterocycles. The van der Waals surface area contributed by atoms with Crippen LogP contribution in [0.3, 0.4) is 0 Å². The zero-order chi connectivity index (χ0) is 25.1. The Morgan fingerprint density at radius 2 is 1.43 bits per heavy atom. The van der Waals surface area contributed by atoms with Crippen LogP contribution in [0.15, 0.2) is 89.5 Å². The molecule has 1 aliphatic heterocycles. The predicted octanol–water partition coefficient (Wildman–Crippen LogP) is 5.85. The van der Waals surface area contributed by atoms with Crippen LogP contribution in [0, 0.1) is 17.2 Å². The number of hydrogen-bond donors (Lipinski definition) is 0. The molecule has 3 aromatic rings. The van der Waals surface area contributed by atoms with E-state index in [4.69, 9.17) is 0 Å². The number of nitriles is 1. The van der Waals surface area contributed by atoms with Crippen LogP contribution in [0.4, 0.5) is 15.9 Å². The van der Waals surface area contributed by atoms with E-state index in [-0.39, 0.29) is 37.9 Å². The van der Waals surface area contributed by atoms with Gasteiger partial charge in [0.15, 0.2) is 0 Å². The number of para-hydroxylation sites is 2. The van der Waals surface area contributed by atoms with Crippen LogP contribution in [-0.2, 0) is 9.59 Å². The second-order valence-electron chi connectivity index (χ2n) is 8.87. The first-order valence-electron chi connectivity index (χ1n) is 11.6. The molecule has 1 aromatic heterocycles. The molecular weight excluding hydrogens is 501 g/mol. The monoisotopic (exact) mass is 529 g/mol. The fourth-order valence-corrected chi connectivity index (χ4v) is 6.35. The minimum atomic E-state index is -0.502. The molecule has 4 rings (SSSR count). The van der Waals surface area contributed by atoms with Gasteiger partial charge in [-0.15, -0.1) is 0 Å². The van der Waals surface area contributed by atoms with E-state index in [2.05, 4.69) is 41.3 Å². The molecule has 176 valence electrons. The number of nitrogens with zero attached hydrogens (tertiary/aromatic N) is 3. The zero-order valence-electron chi connectivity index (χ0n) is 20.2. The third-order valence-electron chi connectivity index (χ3n) is 5.80. The summed E-state index contributed by atoms with van der Waals surface area (Å²) in [5, 5.41) is 9.79. The Hall–Kier alpha value is -3.65. The van der Waals surface area contributed by atoms with E-state index in [0.29, 0.717) is 11.1 Å². The minimum absolute atomic E-state index is 0.0639. The van der Waals surface area contributed by atoms with Gasteiger partial charge >= 0.3 is 213 Å². The molecule has 2 aromatic carbocycles. The Bertz CT molecular complexity index is 1310. The molecule has 5 nitrogen and oxygen atoms in total. The number of amides is 2. The number of carbonyl (C=O) groups is 2. The molecule has 0 atom stereocenters. The number of anilines is 3. The Morgan fingerprint density at radius 3 is 1.91 bits per heavy atom. The molecular formula is C29H27N3O2Se. The summed E-state index contributed by atoms with van der Waals surface area (Å²) >= 11 is -0.0853. The van der Waals surface area contributed by atoms with Crippen molar-refractivity contribution >= 4 is 48.3 Å². The second-order valence-corrected chi connectivity index (χ2v) is 11.2. The van der Waals surface area contributed by atoms with Crippen molar-refractivity contribution in [1.82, 2.24) is 4.90 Å². The summed E-state index contributed by atoms with van der Waals surface area (Å²) in [4.78, 5) is 29.8. The summed E-state index contributed by atoms with van der Waals surface area (Å²) < 4.78 is 2.15. The van der Waals surface area contributed by atoms with E-state index in [1.165, 1.54) is 4.90 Å². The first-order chi connectivity index (χ1) is 16.8. The van der Waals surface area contributed by atoms with Gasteiger partial charge in [-0.3, -0.25) is 0 Å². The van der Waals surface area contributed by atoms with Crippen molar-refractivity contribution < 1.29 is 9.59 Å². The van der Waals surface area contributed by atoms with E-state index in [1.807, 2.05) is 62.4 Å². The number of benzene rings is 2. The average molecular weight is 529 g/mol. The topological polar surface area (TPSA) is 64.4 Å². The van der Waals surface area contributed by atoms with E-state index >= 15 is 0 Å². The van der Waals surface area contributed by atoms with Crippen molar-refractivity contribution in [3.05, 3.63) is 94.0 Å². The van der Waals surface area contributed by atoms with Crippen molar-refractivity contribution in [2.24, 2.45) is 5.92 Å². The van der Waals surface area contributed by atoms with Gasteiger partial charge in [-0.25, -0.2) is 0 Å². The Kier molecular flexibility index (Phi) is 7.21. The third kappa shape index (κ3) is 4.79. The third-order valence-corrected chi connectivity index (χ3v) is 7.93. The van der Waals surface area contributed by atoms with Crippen molar-refractivity contribution in [3.63, 3.8) is 0 Å². The van der Waals surface area contributed by atoms with Crippen LogP contribution in [0.5, 0.6) is 0 Å². The number of imide groups is 1. The van der Waals surface area contributed by atoms with Gasteiger partial charge in [-0.2, -0.15) is 0 Å².